The monoisotopic (exact) mass is 310 g/mol. The lowest BCUT2D eigenvalue weighted by atomic mass is 9.98. The van der Waals surface area contributed by atoms with E-state index in [1.165, 1.54) is 0 Å². The fourth-order valence-corrected chi connectivity index (χ4v) is 2.89. The molecule has 0 aromatic carbocycles. The lowest BCUT2D eigenvalue weighted by molar-refractivity contribution is -0.128. The molecule has 2 aliphatic rings. The Kier molecular flexibility index (Phi) is 5.85. The first kappa shape index (κ1) is 16.8. The molecule has 2 unspecified atom stereocenters. The number of hydrogen-bond acceptors (Lipinski definition) is 5. The molecule has 1 amide bonds. The van der Waals surface area contributed by atoms with Crippen molar-refractivity contribution in [3.8, 4) is 0 Å². The highest BCUT2D eigenvalue weighted by atomic mass is 16.5. The van der Waals surface area contributed by atoms with Gasteiger partial charge in [-0.1, -0.05) is 19.8 Å². The van der Waals surface area contributed by atoms with Gasteiger partial charge in [-0.05, 0) is 12.5 Å². The molecule has 6 heteroatoms. The van der Waals surface area contributed by atoms with Crippen molar-refractivity contribution in [3.05, 3.63) is 23.1 Å². The van der Waals surface area contributed by atoms with Crippen LogP contribution in [0.3, 0.4) is 0 Å². The van der Waals surface area contributed by atoms with Crippen LogP contribution in [-0.4, -0.2) is 55.6 Å². The Morgan fingerprint density at radius 3 is 2.82 bits per heavy atom. The minimum absolute atomic E-state index is 0.0562. The first-order chi connectivity index (χ1) is 10.6. The second kappa shape index (κ2) is 7.65. The van der Waals surface area contributed by atoms with Gasteiger partial charge in [-0.2, -0.15) is 0 Å². The molecule has 1 aliphatic heterocycles. The number of aliphatic hydroxyl groups is 1. The van der Waals surface area contributed by atoms with E-state index >= 15 is 0 Å². The second-order valence-corrected chi connectivity index (χ2v) is 5.69. The van der Waals surface area contributed by atoms with E-state index in [2.05, 4.69) is 12.2 Å². The summed E-state index contributed by atoms with van der Waals surface area (Å²) in [5, 5.41) is 13.2. The maximum absolute atomic E-state index is 12.8. The Balaban J connectivity index is 2.23. The first-order valence-electron chi connectivity index (χ1n) is 7.86. The van der Waals surface area contributed by atoms with Gasteiger partial charge in [0.1, 0.15) is 18.1 Å². The zero-order valence-electron chi connectivity index (χ0n) is 13.6. The van der Waals surface area contributed by atoms with Gasteiger partial charge < -0.3 is 24.8 Å². The van der Waals surface area contributed by atoms with Gasteiger partial charge >= 0.3 is 0 Å². The smallest absolute Gasteiger partial charge is 0.255 e. The van der Waals surface area contributed by atoms with Crippen LogP contribution in [0.15, 0.2) is 23.1 Å². The molecule has 2 atom stereocenters. The van der Waals surface area contributed by atoms with Gasteiger partial charge in [-0.3, -0.25) is 4.79 Å². The first-order valence-corrected chi connectivity index (χ1v) is 7.86. The maximum Gasteiger partial charge on any atom is 0.255 e. The summed E-state index contributed by atoms with van der Waals surface area (Å²) in [4.78, 5) is 14.5. The average Bonchev–Trinajstić information content (AvgIpc) is 2.63. The third kappa shape index (κ3) is 3.62. The van der Waals surface area contributed by atoms with Crippen LogP contribution in [0.2, 0.25) is 0 Å². The molecular weight excluding hydrogens is 284 g/mol. The van der Waals surface area contributed by atoms with Crippen molar-refractivity contribution >= 4 is 5.91 Å². The molecule has 0 aromatic rings. The number of ether oxygens (including phenoxy) is 2. The topological polar surface area (TPSA) is 71.0 Å². The van der Waals surface area contributed by atoms with E-state index in [0.717, 1.165) is 25.0 Å². The van der Waals surface area contributed by atoms with Crippen LogP contribution in [0.25, 0.3) is 0 Å². The summed E-state index contributed by atoms with van der Waals surface area (Å²) in [6.07, 6.45) is 4.35. The van der Waals surface area contributed by atoms with Gasteiger partial charge in [0, 0.05) is 25.8 Å². The quantitative estimate of drug-likeness (QED) is 0.720. The minimum atomic E-state index is -0.756. The second-order valence-electron chi connectivity index (χ2n) is 5.69. The van der Waals surface area contributed by atoms with Crippen molar-refractivity contribution in [3.63, 3.8) is 0 Å². The number of nitrogens with zero attached hydrogens (tertiary/aromatic N) is 1. The van der Waals surface area contributed by atoms with Crippen LogP contribution in [-0.2, 0) is 14.3 Å². The highest BCUT2D eigenvalue weighted by molar-refractivity contribution is 5.97. The molecule has 1 aliphatic carbocycles. The number of methoxy groups -OCH3 is 2. The Morgan fingerprint density at radius 1 is 1.41 bits per heavy atom. The van der Waals surface area contributed by atoms with E-state index in [1.807, 2.05) is 0 Å². The van der Waals surface area contributed by atoms with E-state index in [0.29, 0.717) is 30.8 Å². The molecular formula is C16H26N2O4. The zero-order valence-corrected chi connectivity index (χ0v) is 13.6. The van der Waals surface area contributed by atoms with Gasteiger partial charge in [-0.25, -0.2) is 0 Å². The normalized spacial score (nSPS) is 25.4. The Morgan fingerprint density at radius 2 is 2.18 bits per heavy atom. The average molecular weight is 310 g/mol. The standard InChI is InChI=1S/C16H26N2O4/c1-4-5-6-7-18-10-15(19)17-12-9-14(22-3)13(21-2)8-11(12)16(18)20/h8,14-15,17,19H,4-7,9-10H2,1-3H3. The minimum Gasteiger partial charge on any atom is -0.498 e. The molecule has 0 saturated heterocycles. The Hall–Kier alpha value is -1.53. The summed E-state index contributed by atoms with van der Waals surface area (Å²) in [7, 11) is 3.18. The van der Waals surface area contributed by atoms with E-state index in [4.69, 9.17) is 9.47 Å². The van der Waals surface area contributed by atoms with Crippen LogP contribution in [0, 0.1) is 0 Å². The third-order valence-corrected chi connectivity index (χ3v) is 4.12. The SMILES string of the molecule is CCCCCN1CC(O)NC2=C(C=C(OC)C(OC)C2)C1=O. The summed E-state index contributed by atoms with van der Waals surface area (Å²) < 4.78 is 10.7. The van der Waals surface area contributed by atoms with Crippen LogP contribution in [0.5, 0.6) is 0 Å². The number of aliphatic hydroxyl groups excluding tert-OH is 1. The molecule has 6 nitrogen and oxygen atoms in total. The van der Waals surface area contributed by atoms with E-state index in [9.17, 15) is 9.90 Å². The zero-order chi connectivity index (χ0) is 16.1. The molecule has 0 bridgehead atoms. The van der Waals surface area contributed by atoms with Crippen LogP contribution >= 0.6 is 0 Å². The molecule has 124 valence electrons. The molecule has 0 spiro atoms. The summed E-state index contributed by atoms with van der Waals surface area (Å²) >= 11 is 0. The van der Waals surface area contributed by atoms with E-state index in [1.54, 1.807) is 25.2 Å². The number of rotatable bonds is 6. The van der Waals surface area contributed by atoms with Crippen molar-refractivity contribution in [2.45, 2.75) is 44.9 Å². The van der Waals surface area contributed by atoms with Gasteiger partial charge in [0.15, 0.2) is 0 Å². The van der Waals surface area contributed by atoms with Crippen LogP contribution in [0.1, 0.15) is 32.6 Å². The number of hydrogen-bond donors (Lipinski definition) is 2. The fraction of sp³-hybridized carbons (Fsp3) is 0.688. The molecule has 0 radical (unpaired) electrons. The Bertz CT molecular complexity index is 473. The van der Waals surface area contributed by atoms with Gasteiger partial charge in [-0.15, -0.1) is 0 Å². The molecule has 1 heterocycles. The van der Waals surface area contributed by atoms with Crippen molar-refractivity contribution in [1.29, 1.82) is 0 Å². The summed E-state index contributed by atoms with van der Waals surface area (Å²) in [5.41, 5.74) is 1.29. The molecule has 2 N–H and O–H groups in total. The number of amides is 1. The van der Waals surface area contributed by atoms with Gasteiger partial charge in [0.2, 0.25) is 0 Å². The summed E-state index contributed by atoms with van der Waals surface area (Å²) in [6.45, 7) is 3.08. The molecule has 0 fully saturated rings. The maximum atomic E-state index is 12.8. The van der Waals surface area contributed by atoms with Crippen LogP contribution < -0.4 is 5.32 Å². The predicted octanol–water partition coefficient (Wildman–Crippen LogP) is 1.13. The van der Waals surface area contributed by atoms with E-state index in [-0.39, 0.29) is 12.0 Å². The van der Waals surface area contributed by atoms with Crippen molar-refractivity contribution in [2.75, 3.05) is 27.3 Å². The molecule has 0 saturated carbocycles. The predicted molar refractivity (Wildman–Crippen MR) is 82.8 cm³/mol. The molecule has 22 heavy (non-hydrogen) atoms. The van der Waals surface area contributed by atoms with Gasteiger partial charge in [0.25, 0.3) is 5.91 Å². The summed E-state index contributed by atoms with van der Waals surface area (Å²) in [6, 6.07) is 0. The lowest BCUT2D eigenvalue weighted by Gasteiger charge is -2.26. The molecule has 2 rings (SSSR count). The highest BCUT2D eigenvalue weighted by Gasteiger charge is 2.33. The number of carbonyl (C=O) groups is 1. The van der Waals surface area contributed by atoms with Gasteiger partial charge in [0.05, 0.1) is 19.2 Å². The van der Waals surface area contributed by atoms with Crippen LogP contribution in [0.4, 0.5) is 0 Å². The van der Waals surface area contributed by atoms with E-state index < -0.39 is 6.23 Å². The largest absolute Gasteiger partial charge is 0.498 e. The third-order valence-electron chi connectivity index (χ3n) is 4.12. The fourth-order valence-electron chi connectivity index (χ4n) is 2.89. The Labute approximate surface area is 131 Å². The van der Waals surface area contributed by atoms with Crippen molar-refractivity contribution in [1.82, 2.24) is 10.2 Å². The number of carbonyl (C=O) groups excluding carboxylic acids is 1. The number of nitrogens with one attached hydrogen (secondary N) is 1. The number of β-amino-alcohol motifs (C(OH)–C–C–N with tert-alkyl or cyclic N) is 1. The lowest BCUT2D eigenvalue weighted by Crippen LogP contribution is -2.40. The highest BCUT2D eigenvalue weighted by Crippen LogP contribution is 2.28. The van der Waals surface area contributed by atoms with Crippen molar-refractivity contribution < 1.29 is 19.4 Å². The summed E-state index contributed by atoms with van der Waals surface area (Å²) in [5.74, 6) is 0.584. The number of unbranched alkanes of at least 4 members (excludes halogenated alkanes) is 2. The van der Waals surface area contributed by atoms with Crippen molar-refractivity contribution in [2.24, 2.45) is 0 Å². The molecule has 0 aromatic heterocycles.